The number of rotatable bonds is 4. The minimum absolute atomic E-state index is 0.0943. The lowest BCUT2D eigenvalue weighted by Crippen LogP contribution is -2.14. The van der Waals surface area contributed by atoms with Crippen molar-refractivity contribution in [1.29, 1.82) is 0 Å². The third-order valence-electron chi connectivity index (χ3n) is 4.33. The van der Waals surface area contributed by atoms with E-state index in [9.17, 15) is 13.6 Å². The van der Waals surface area contributed by atoms with Gasteiger partial charge in [0, 0.05) is 17.4 Å². The molecule has 4 rings (SSSR count). The Labute approximate surface area is 169 Å². The minimum atomic E-state index is -0.988. The number of nitrogens with one attached hydrogen (secondary N) is 2. The molecular formula is C21H15ClF2N4O. The molecular weight excluding hydrogens is 398 g/mol. The van der Waals surface area contributed by atoms with Gasteiger partial charge in [0.1, 0.15) is 5.82 Å². The molecule has 29 heavy (non-hydrogen) atoms. The number of pyridine rings is 1. The number of H-pyrrole nitrogens is 1. The first-order chi connectivity index (χ1) is 13.9. The van der Waals surface area contributed by atoms with Crippen molar-refractivity contribution in [2.24, 2.45) is 0 Å². The fourth-order valence-corrected chi connectivity index (χ4v) is 3.16. The average molecular weight is 413 g/mol. The number of carbonyl (C=O) groups is 1. The number of benzene rings is 2. The smallest absolute Gasteiger partial charge is 0.228 e. The zero-order chi connectivity index (χ0) is 20.5. The second-order valence-electron chi connectivity index (χ2n) is 6.64. The summed E-state index contributed by atoms with van der Waals surface area (Å²) in [5.41, 5.74) is 3.82. The maximum atomic E-state index is 13.3. The molecule has 0 atom stereocenters. The molecule has 2 heterocycles. The summed E-state index contributed by atoms with van der Waals surface area (Å²) in [5.74, 6) is -1.78. The Morgan fingerprint density at radius 1 is 1.14 bits per heavy atom. The molecule has 0 aliphatic carbocycles. The Morgan fingerprint density at radius 2 is 1.97 bits per heavy atom. The normalized spacial score (nSPS) is 11.0. The second kappa shape index (κ2) is 7.60. The monoisotopic (exact) mass is 412 g/mol. The highest BCUT2D eigenvalue weighted by Gasteiger charge is 2.13. The molecule has 5 nitrogen and oxygen atoms in total. The second-order valence-corrected chi connectivity index (χ2v) is 7.04. The number of aromatic amines is 1. The number of halogens is 3. The van der Waals surface area contributed by atoms with Gasteiger partial charge >= 0.3 is 0 Å². The Bertz CT molecular complexity index is 1240. The van der Waals surface area contributed by atoms with Crippen molar-refractivity contribution in [3.63, 3.8) is 0 Å². The van der Waals surface area contributed by atoms with E-state index in [4.69, 9.17) is 11.6 Å². The zero-order valence-electron chi connectivity index (χ0n) is 15.3. The first-order valence-corrected chi connectivity index (χ1v) is 9.13. The molecule has 0 saturated heterocycles. The van der Waals surface area contributed by atoms with Gasteiger partial charge in [-0.15, -0.1) is 0 Å². The summed E-state index contributed by atoms with van der Waals surface area (Å²) in [6.45, 7) is 1.93. The lowest BCUT2D eigenvalue weighted by atomic mass is 10.1. The van der Waals surface area contributed by atoms with E-state index in [1.54, 1.807) is 24.4 Å². The van der Waals surface area contributed by atoms with Gasteiger partial charge in [-0.3, -0.25) is 4.79 Å². The summed E-state index contributed by atoms with van der Waals surface area (Å²) < 4.78 is 26.3. The molecule has 2 N–H and O–H groups in total. The Hall–Kier alpha value is -3.32. The summed E-state index contributed by atoms with van der Waals surface area (Å²) in [6.07, 6.45) is 1.63. The van der Waals surface area contributed by atoms with E-state index in [-0.39, 0.29) is 12.3 Å². The van der Waals surface area contributed by atoms with Crippen LogP contribution in [0.2, 0.25) is 5.02 Å². The molecule has 0 fully saturated rings. The van der Waals surface area contributed by atoms with E-state index in [0.29, 0.717) is 33.3 Å². The largest absolute Gasteiger partial charge is 0.337 e. The Morgan fingerprint density at radius 3 is 2.76 bits per heavy atom. The van der Waals surface area contributed by atoms with Crippen molar-refractivity contribution in [3.8, 4) is 11.4 Å². The molecule has 0 unspecified atom stereocenters. The van der Waals surface area contributed by atoms with Crippen LogP contribution in [0.1, 0.15) is 11.1 Å². The van der Waals surface area contributed by atoms with Gasteiger partial charge in [0.2, 0.25) is 5.91 Å². The predicted octanol–water partition coefficient (Wildman–Crippen LogP) is 5.05. The predicted molar refractivity (Wildman–Crippen MR) is 108 cm³/mol. The number of aryl methyl sites for hydroxylation is 1. The van der Waals surface area contributed by atoms with Crippen molar-refractivity contribution in [2.75, 3.05) is 5.32 Å². The molecule has 0 radical (unpaired) electrons. The van der Waals surface area contributed by atoms with E-state index < -0.39 is 11.6 Å². The van der Waals surface area contributed by atoms with Crippen LogP contribution in [0.25, 0.3) is 22.6 Å². The first-order valence-electron chi connectivity index (χ1n) is 8.75. The van der Waals surface area contributed by atoms with Crippen LogP contribution < -0.4 is 5.32 Å². The standard InChI is InChI=1S/C21H15ClF2N4O/c1-11-6-18-21(25-10-11)28-20(27-18)14-9-13(3-4-15(14)22)26-19(29)8-12-2-5-16(23)17(24)7-12/h2-7,9-10H,8H2,1H3,(H,26,29)(H,25,27,28). The summed E-state index contributed by atoms with van der Waals surface area (Å²) >= 11 is 6.32. The van der Waals surface area contributed by atoms with Gasteiger partial charge in [-0.05, 0) is 54.4 Å². The van der Waals surface area contributed by atoms with Gasteiger partial charge in [0.15, 0.2) is 17.3 Å². The third kappa shape index (κ3) is 4.09. The molecule has 0 aliphatic rings. The van der Waals surface area contributed by atoms with Crippen LogP contribution >= 0.6 is 11.6 Å². The van der Waals surface area contributed by atoms with Gasteiger partial charge < -0.3 is 10.3 Å². The van der Waals surface area contributed by atoms with E-state index in [0.717, 1.165) is 23.2 Å². The van der Waals surface area contributed by atoms with Gasteiger partial charge in [-0.2, -0.15) is 0 Å². The van der Waals surface area contributed by atoms with E-state index >= 15 is 0 Å². The molecule has 2 aromatic carbocycles. The number of amides is 1. The highest BCUT2D eigenvalue weighted by molar-refractivity contribution is 6.33. The Kier molecular flexibility index (Phi) is 4.98. The topological polar surface area (TPSA) is 70.7 Å². The molecule has 0 spiro atoms. The fraction of sp³-hybridized carbons (Fsp3) is 0.0952. The number of hydrogen-bond donors (Lipinski definition) is 2. The molecule has 2 aromatic heterocycles. The summed E-state index contributed by atoms with van der Waals surface area (Å²) in [4.78, 5) is 24.2. The number of hydrogen-bond acceptors (Lipinski definition) is 3. The molecule has 146 valence electrons. The van der Waals surface area contributed by atoms with Crippen LogP contribution in [-0.4, -0.2) is 20.9 Å². The number of aromatic nitrogens is 3. The number of carbonyl (C=O) groups excluding carboxylic acids is 1. The van der Waals surface area contributed by atoms with Crippen LogP contribution in [0.15, 0.2) is 48.7 Å². The van der Waals surface area contributed by atoms with Crippen molar-refractivity contribution in [3.05, 3.63) is 76.4 Å². The highest BCUT2D eigenvalue weighted by atomic mass is 35.5. The van der Waals surface area contributed by atoms with Crippen LogP contribution in [-0.2, 0) is 11.2 Å². The highest BCUT2D eigenvalue weighted by Crippen LogP contribution is 2.30. The molecule has 8 heteroatoms. The van der Waals surface area contributed by atoms with Gasteiger partial charge in [0.05, 0.1) is 17.0 Å². The first kappa shape index (κ1) is 19.0. The maximum absolute atomic E-state index is 13.3. The van der Waals surface area contributed by atoms with Crippen LogP contribution in [0.5, 0.6) is 0 Å². The van der Waals surface area contributed by atoms with Crippen LogP contribution in [0.4, 0.5) is 14.5 Å². The lowest BCUT2D eigenvalue weighted by molar-refractivity contribution is -0.115. The van der Waals surface area contributed by atoms with E-state index in [1.165, 1.54) is 6.07 Å². The van der Waals surface area contributed by atoms with Crippen molar-refractivity contribution in [1.82, 2.24) is 15.0 Å². The number of nitrogens with zero attached hydrogens (tertiary/aromatic N) is 2. The summed E-state index contributed by atoms with van der Waals surface area (Å²) in [7, 11) is 0. The van der Waals surface area contributed by atoms with Crippen molar-refractivity contribution >= 4 is 34.4 Å². The van der Waals surface area contributed by atoms with Crippen molar-refractivity contribution < 1.29 is 13.6 Å². The van der Waals surface area contributed by atoms with Crippen LogP contribution in [0, 0.1) is 18.6 Å². The number of imidazole rings is 1. The lowest BCUT2D eigenvalue weighted by Gasteiger charge is -2.08. The van der Waals surface area contributed by atoms with Gasteiger partial charge in [-0.1, -0.05) is 17.7 Å². The third-order valence-corrected chi connectivity index (χ3v) is 4.66. The summed E-state index contributed by atoms with van der Waals surface area (Å²) in [5, 5.41) is 3.19. The van der Waals surface area contributed by atoms with Crippen LogP contribution in [0.3, 0.4) is 0 Å². The average Bonchev–Trinajstić information content (AvgIpc) is 3.09. The number of fused-ring (bicyclic) bond motifs is 1. The van der Waals surface area contributed by atoms with Gasteiger partial charge in [-0.25, -0.2) is 18.7 Å². The quantitative estimate of drug-likeness (QED) is 0.493. The molecule has 4 aromatic rings. The van der Waals surface area contributed by atoms with Crippen molar-refractivity contribution in [2.45, 2.75) is 13.3 Å². The summed E-state index contributed by atoms with van der Waals surface area (Å²) in [6, 6.07) is 10.3. The minimum Gasteiger partial charge on any atom is -0.337 e. The van der Waals surface area contributed by atoms with E-state index in [2.05, 4.69) is 20.3 Å². The van der Waals surface area contributed by atoms with E-state index in [1.807, 2.05) is 13.0 Å². The fourth-order valence-electron chi connectivity index (χ4n) is 2.96. The molecule has 0 aliphatic heterocycles. The van der Waals surface area contributed by atoms with Gasteiger partial charge in [0.25, 0.3) is 0 Å². The Balaban J connectivity index is 1.57. The zero-order valence-corrected chi connectivity index (χ0v) is 16.0. The molecule has 0 saturated carbocycles. The molecule has 0 bridgehead atoms. The maximum Gasteiger partial charge on any atom is 0.228 e. The SMILES string of the molecule is Cc1cnc2nc(-c3cc(NC(=O)Cc4ccc(F)c(F)c4)ccc3Cl)[nH]c2c1. The number of anilines is 1. The molecule has 1 amide bonds.